The molecule has 0 bridgehead atoms. The standard InChI is InChI=1S/C17H24BNO4/c1-16(2)17(3,4)23-18(22-16)13-9-8-12(11-14(13)21-5)19-10-6-7-15(19)20/h8-9,11H,6-7,10H2,1-5H3. The number of hydrogen-bond donors (Lipinski definition) is 0. The summed E-state index contributed by atoms with van der Waals surface area (Å²) < 4.78 is 17.7. The number of methoxy groups -OCH3 is 1. The Hall–Kier alpha value is -1.53. The maximum atomic E-state index is 11.9. The number of carbonyl (C=O) groups is 1. The molecule has 2 saturated heterocycles. The van der Waals surface area contributed by atoms with Crippen molar-refractivity contribution < 1.29 is 18.8 Å². The monoisotopic (exact) mass is 317 g/mol. The summed E-state index contributed by atoms with van der Waals surface area (Å²) in [6.07, 6.45) is 1.52. The zero-order valence-corrected chi connectivity index (χ0v) is 14.5. The molecule has 2 heterocycles. The third-order valence-electron chi connectivity index (χ3n) is 5.11. The van der Waals surface area contributed by atoms with Crippen LogP contribution in [0.3, 0.4) is 0 Å². The molecule has 2 aliphatic heterocycles. The Bertz CT molecular complexity index is 613. The molecule has 0 saturated carbocycles. The van der Waals surface area contributed by atoms with Gasteiger partial charge in [0.15, 0.2) is 0 Å². The van der Waals surface area contributed by atoms with E-state index in [0.29, 0.717) is 12.2 Å². The van der Waals surface area contributed by atoms with E-state index in [4.69, 9.17) is 14.0 Å². The Kier molecular flexibility index (Phi) is 3.93. The van der Waals surface area contributed by atoms with Crippen LogP contribution in [0.2, 0.25) is 0 Å². The van der Waals surface area contributed by atoms with Crippen molar-refractivity contribution in [1.29, 1.82) is 0 Å². The van der Waals surface area contributed by atoms with Gasteiger partial charge in [0.25, 0.3) is 0 Å². The van der Waals surface area contributed by atoms with Crippen molar-refractivity contribution in [1.82, 2.24) is 0 Å². The largest absolute Gasteiger partial charge is 0.498 e. The topological polar surface area (TPSA) is 48.0 Å². The van der Waals surface area contributed by atoms with Crippen molar-refractivity contribution >= 4 is 24.2 Å². The lowest BCUT2D eigenvalue weighted by molar-refractivity contribution is -0.117. The molecule has 3 rings (SSSR count). The fourth-order valence-corrected chi connectivity index (χ4v) is 2.95. The van der Waals surface area contributed by atoms with Gasteiger partial charge in [-0.15, -0.1) is 0 Å². The van der Waals surface area contributed by atoms with Gasteiger partial charge in [0, 0.05) is 30.2 Å². The van der Waals surface area contributed by atoms with E-state index >= 15 is 0 Å². The second-order valence-electron chi connectivity index (χ2n) is 7.16. The van der Waals surface area contributed by atoms with Gasteiger partial charge in [-0.05, 0) is 40.2 Å². The SMILES string of the molecule is COc1cc(N2CCCC2=O)ccc1B1OC(C)(C)C(C)(C)O1. The van der Waals surface area contributed by atoms with Crippen LogP contribution in [-0.2, 0) is 14.1 Å². The molecule has 1 aromatic carbocycles. The van der Waals surface area contributed by atoms with Crippen LogP contribution in [0, 0.1) is 0 Å². The van der Waals surface area contributed by atoms with Gasteiger partial charge in [0.1, 0.15) is 5.75 Å². The Balaban J connectivity index is 1.91. The van der Waals surface area contributed by atoms with Crippen LogP contribution in [0.1, 0.15) is 40.5 Å². The summed E-state index contributed by atoms with van der Waals surface area (Å²) >= 11 is 0. The number of nitrogens with zero attached hydrogens (tertiary/aromatic N) is 1. The Morgan fingerprint density at radius 3 is 2.35 bits per heavy atom. The van der Waals surface area contributed by atoms with Crippen LogP contribution in [-0.4, -0.2) is 37.9 Å². The molecule has 0 N–H and O–H groups in total. The lowest BCUT2D eigenvalue weighted by Crippen LogP contribution is -2.41. The number of carbonyl (C=O) groups excluding carboxylic acids is 1. The number of benzene rings is 1. The predicted molar refractivity (Wildman–Crippen MR) is 90.3 cm³/mol. The van der Waals surface area contributed by atoms with Crippen LogP contribution >= 0.6 is 0 Å². The van der Waals surface area contributed by atoms with Gasteiger partial charge < -0.3 is 18.9 Å². The second-order valence-corrected chi connectivity index (χ2v) is 7.16. The van der Waals surface area contributed by atoms with E-state index in [1.54, 1.807) is 12.0 Å². The third-order valence-corrected chi connectivity index (χ3v) is 5.11. The van der Waals surface area contributed by atoms with E-state index in [1.165, 1.54) is 0 Å². The Morgan fingerprint density at radius 1 is 1.17 bits per heavy atom. The van der Waals surface area contributed by atoms with Crippen LogP contribution in [0.15, 0.2) is 18.2 Å². The molecule has 5 nitrogen and oxygen atoms in total. The predicted octanol–water partition coefficient (Wildman–Crippen LogP) is 2.12. The lowest BCUT2D eigenvalue weighted by atomic mass is 9.78. The summed E-state index contributed by atoms with van der Waals surface area (Å²) in [5.41, 5.74) is 0.921. The Labute approximate surface area is 138 Å². The summed E-state index contributed by atoms with van der Waals surface area (Å²) in [5.74, 6) is 0.844. The zero-order valence-electron chi connectivity index (χ0n) is 14.5. The highest BCUT2D eigenvalue weighted by Gasteiger charge is 2.52. The highest BCUT2D eigenvalue weighted by molar-refractivity contribution is 6.63. The lowest BCUT2D eigenvalue weighted by Gasteiger charge is -2.32. The molecule has 6 heteroatoms. The molecule has 0 spiro atoms. The van der Waals surface area contributed by atoms with Crippen LogP contribution in [0.4, 0.5) is 5.69 Å². The van der Waals surface area contributed by atoms with E-state index in [-0.39, 0.29) is 5.91 Å². The first-order valence-electron chi connectivity index (χ1n) is 8.09. The number of anilines is 1. The van der Waals surface area contributed by atoms with Crippen molar-refractivity contribution in [3.8, 4) is 5.75 Å². The molecule has 0 radical (unpaired) electrons. The summed E-state index contributed by atoms with van der Waals surface area (Å²) in [6, 6.07) is 5.76. The maximum absolute atomic E-state index is 11.9. The number of amides is 1. The van der Waals surface area contributed by atoms with E-state index in [9.17, 15) is 4.79 Å². The summed E-state index contributed by atoms with van der Waals surface area (Å²) in [5, 5.41) is 0. The Morgan fingerprint density at radius 2 is 1.83 bits per heavy atom. The smallest absolute Gasteiger partial charge is 0.497 e. The highest BCUT2D eigenvalue weighted by Crippen LogP contribution is 2.37. The van der Waals surface area contributed by atoms with Crippen molar-refractivity contribution in [2.75, 3.05) is 18.6 Å². The number of hydrogen-bond acceptors (Lipinski definition) is 4. The molecule has 0 aromatic heterocycles. The van der Waals surface area contributed by atoms with Gasteiger partial charge in [-0.25, -0.2) is 0 Å². The summed E-state index contributed by atoms with van der Waals surface area (Å²) in [6.45, 7) is 8.86. The molecule has 0 aliphatic carbocycles. The van der Waals surface area contributed by atoms with Gasteiger partial charge in [0.05, 0.1) is 18.3 Å². The van der Waals surface area contributed by atoms with Crippen molar-refractivity contribution in [3.63, 3.8) is 0 Å². The molecule has 124 valence electrons. The van der Waals surface area contributed by atoms with Crippen molar-refractivity contribution in [3.05, 3.63) is 18.2 Å². The first kappa shape index (κ1) is 16.3. The second kappa shape index (κ2) is 5.53. The summed E-state index contributed by atoms with van der Waals surface area (Å²) in [7, 11) is 1.15. The van der Waals surface area contributed by atoms with E-state index in [1.807, 2.05) is 45.9 Å². The minimum atomic E-state index is -0.474. The first-order valence-corrected chi connectivity index (χ1v) is 8.09. The molecule has 1 aromatic rings. The van der Waals surface area contributed by atoms with E-state index < -0.39 is 18.3 Å². The number of ether oxygens (including phenoxy) is 1. The fourth-order valence-electron chi connectivity index (χ4n) is 2.95. The van der Waals surface area contributed by atoms with Crippen LogP contribution in [0.5, 0.6) is 5.75 Å². The first-order chi connectivity index (χ1) is 10.7. The van der Waals surface area contributed by atoms with Gasteiger partial charge in [-0.3, -0.25) is 4.79 Å². The highest BCUT2D eigenvalue weighted by atomic mass is 16.7. The van der Waals surface area contributed by atoms with Gasteiger partial charge in [0.2, 0.25) is 5.91 Å². The molecule has 0 atom stereocenters. The van der Waals surface area contributed by atoms with E-state index in [0.717, 1.165) is 24.1 Å². The molecule has 0 unspecified atom stereocenters. The van der Waals surface area contributed by atoms with E-state index in [2.05, 4.69) is 0 Å². The fraction of sp³-hybridized carbons (Fsp3) is 0.588. The molecule has 2 fully saturated rings. The molecular formula is C17H24BNO4. The minimum absolute atomic E-state index is 0.162. The number of rotatable bonds is 3. The minimum Gasteiger partial charge on any atom is -0.497 e. The maximum Gasteiger partial charge on any atom is 0.498 e. The molecule has 2 aliphatic rings. The average molecular weight is 317 g/mol. The summed E-state index contributed by atoms with van der Waals surface area (Å²) in [4.78, 5) is 13.7. The van der Waals surface area contributed by atoms with Gasteiger partial charge in [-0.2, -0.15) is 0 Å². The quantitative estimate of drug-likeness (QED) is 0.801. The van der Waals surface area contributed by atoms with Crippen molar-refractivity contribution in [2.24, 2.45) is 0 Å². The van der Waals surface area contributed by atoms with Gasteiger partial charge in [-0.1, -0.05) is 6.07 Å². The van der Waals surface area contributed by atoms with Crippen molar-refractivity contribution in [2.45, 2.75) is 51.7 Å². The van der Waals surface area contributed by atoms with Crippen LogP contribution < -0.4 is 15.1 Å². The molecule has 23 heavy (non-hydrogen) atoms. The zero-order chi connectivity index (χ0) is 16.8. The third kappa shape index (κ3) is 2.74. The molecular weight excluding hydrogens is 293 g/mol. The van der Waals surface area contributed by atoms with Gasteiger partial charge >= 0.3 is 7.12 Å². The van der Waals surface area contributed by atoms with Crippen LogP contribution in [0.25, 0.3) is 0 Å². The molecule has 1 amide bonds. The normalized spacial score (nSPS) is 22.7. The average Bonchev–Trinajstić information content (AvgIpc) is 2.99.